The van der Waals surface area contributed by atoms with Crippen LogP contribution in [-0.4, -0.2) is 55.3 Å². The summed E-state index contributed by atoms with van der Waals surface area (Å²) in [5.74, 6) is 1.74. The molecule has 0 aliphatic carbocycles. The molecule has 0 N–H and O–H groups in total. The molecule has 0 aliphatic rings. The number of nitrogens with zero attached hydrogens (tertiary/aromatic N) is 7. The standard InChI is InChI=1S/C22H27N7S/c1-16-9-10-17(2)18(13-16)14-28-20-8-6-5-7-19(20)23-21(28)15-30-22-24-25-26-29(22)12-11-27(3)4/h5-10,13H,11-12,14-15H2,1-4H3. The van der Waals surface area contributed by atoms with Crippen LogP contribution in [0, 0.1) is 13.8 Å². The van der Waals surface area contributed by atoms with E-state index in [1.165, 1.54) is 16.7 Å². The number of likely N-dealkylation sites (N-methyl/N-ethyl adjacent to an activating group) is 1. The van der Waals surface area contributed by atoms with Crippen LogP contribution in [0.15, 0.2) is 47.6 Å². The van der Waals surface area contributed by atoms with Gasteiger partial charge in [0.1, 0.15) is 5.82 Å². The van der Waals surface area contributed by atoms with Crippen LogP contribution in [0.2, 0.25) is 0 Å². The van der Waals surface area contributed by atoms with Crippen LogP contribution in [0.1, 0.15) is 22.5 Å². The Morgan fingerprint density at radius 1 is 1.07 bits per heavy atom. The molecule has 0 amide bonds. The maximum Gasteiger partial charge on any atom is 0.209 e. The Kier molecular flexibility index (Phi) is 6.15. The molecule has 0 aliphatic heterocycles. The van der Waals surface area contributed by atoms with E-state index < -0.39 is 0 Å². The number of thioether (sulfide) groups is 1. The van der Waals surface area contributed by atoms with Gasteiger partial charge in [0.15, 0.2) is 0 Å². The van der Waals surface area contributed by atoms with Crippen LogP contribution in [0.25, 0.3) is 11.0 Å². The van der Waals surface area contributed by atoms with Crippen molar-refractivity contribution in [1.29, 1.82) is 0 Å². The second-order valence-corrected chi connectivity index (χ2v) is 8.75. The lowest BCUT2D eigenvalue weighted by Gasteiger charge is -2.13. The zero-order valence-electron chi connectivity index (χ0n) is 17.9. The van der Waals surface area contributed by atoms with Crippen molar-refractivity contribution in [2.75, 3.05) is 20.6 Å². The molecule has 2 aromatic heterocycles. The summed E-state index contributed by atoms with van der Waals surface area (Å²) in [6.07, 6.45) is 0. The van der Waals surface area contributed by atoms with E-state index in [0.717, 1.165) is 41.6 Å². The first-order chi connectivity index (χ1) is 14.5. The molecular formula is C22H27N7S. The Hall–Kier alpha value is -2.71. The fourth-order valence-electron chi connectivity index (χ4n) is 3.42. The second-order valence-electron chi connectivity index (χ2n) is 7.81. The van der Waals surface area contributed by atoms with Gasteiger partial charge in [0, 0.05) is 13.1 Å². The molecule has 156 valence electrons. The molecule has 30 heavy (non-hydrogen) atoms. The van der Waals surface area contributed by atoms with Crippen molar-refractivity contribution in [2.45, 2.75) is 37.8 Å². The largest absolute Gasteiger partial charge is 0.323 e. The summed E-state index contributed by atoms with van der Waals surface area (Å²) in [5.41, 5.74) is 6.06. The zero-order valence-corrected chi connectivity index (χ0v) is 18.7. The molecule has 8 heteroatoms. The van der Waals surface area contributed by atoms with Crippen LogP contribution >= 0.6 is 11.8 Å². The smallest absolute Gasteiger partial charge is 0.209 e. The van der Waals surface area contributed by atoms with Crippen molar-refractivity contribution in [3.63, 3.8) is 0 Å². The highest BCUT2D eigenvalue weighted by Gasteiger charge is 2.15. The summed E-state index contributed by atoms with van der Waals surface area (Å²) in [6, 6.07) is 14.9. The van der Waals surface area contributed by atoms with Gasteiger partial charge in [-0.25, -0.2) is 9.67 Å². The third-order valence-corrected chi connectivity index (χ3v) is 6.11. The monoisotopic (exact) mass is 421 g/mol. The topological polar surface area (TPSA) is 64.7 Å². The molecule has 4 aromatic rings. The first kappa shape index (κ1) is 20.6. The number of benzene rings is 2. The van der Waals surface area contributed by atoms with E-state index in [4.69, 9.17) is 4.98 Å². The summed E-state index contributed by atoms with van der Waals surface area (Å²) in [4.78, 5) is 7.05. The molecule has 2 heterocycles. The van der Waals surface area contributed by atoms with Crippen LogP contribution in [0.3, 0.4) is 0 Å². The number of fused-ring (bicyclic) bond motifs is 1. The fourth-order valence-corrected chi connectivity index (χ4v) is 4.27. The van der Waals surface area contributed by atoms with E-state index >= 15 is 0 Å². The molecule has 4 rings (SSSR count). The Bertz CT molecular complexity index is 1150. The first-order valence-corrected chi connectivity index (χ1v) is 11.0. The summed E-state index contributed by atoms with van der Waals surface area (Å²) < 4.78 is 4.18. The van der Waals surface area contributed by atoms with Crippen LogP contribution in [0.4, 0.5) is 0 Å². The minimum absolute atomic E-state index is 0.710. The summed E-state index contributed by atoms with van der Waals surface area (Å²) in [7, 11) is 4.10. The van der Waals surface area contributed by atoms with E-state index in [9.17, 15) is 0 Å². The molecule has 0 saturated carbocycles. The van der Waals surface area contributed by atoms with Gasteiger partial charge < -0.3 is 9.47 Å². The van der Waals surface area contributed by atoms with Gasteiger partial charge in [0.2, 0.25) is 5.16 Å². The molecule has 0 spiro atoms. The normalized spacial score (nSPS) is 11.6. The van der Waals surface area contributed by atoms with Crippen molar-refractivity contribution in [1.82, 2.24) is 34.7 Å². The summed E-state index contributed by atoms with van der Waals surface area (Å²) in [6.45, 7) is 6.76. The Balaban J connectivity index is 1.61. The molecule has 7 nitrogen and oxygen atoms in total. The van der Waals surface area contributed by atoms with Crippen molar-refractivity contribution in [3.8, 4) is 0 Å². The highest BCUT2D eigenvalue weighted by Crippen LogP contribution is 2.25. The third kappa shape index (κ3) is 4.55. The van der Waals surface area contributed by atoms with E-state index in [1.54, 1.807) is 11.8 Å². The predicted molar refractivity (Wildman–Crippen MR) is 121 cm³/mol. The molecule has 0 atom stereocenters. The van der Waals surface area contributed by atoms with Gasteiger partial charge in [0.05, 0.1) is 23.3 Å². The number of tetrazole rings is 1. The maximum atomic E-state index is 4.92. The number of imidazole rings is 1. The molecule has 0 bridgehead atoms. The average Bonchev–Trinajstić information content (AvgIpc) is 3.32. The molecule has 0 saturated heterocycles. The number of para-hydroxylation sites is 2. The molecule has 0 fully saturated rings. The van der Waals surface area contributed by atoms with E-state index in [-0.39, 0.29) is 0 Å². The van der Waals surface area contributed by atoms with Crippen molar-refractivity contribution >= 4 is 22.8 Å². The van der Waals surface area contributed by atoms with E-state index in [0.29, 0.717) is 5.75 Å². The van der Waals surface area contributed by atoms with Crippen LogP contribution < -0.4 is 0 Å². The fraction of sp³-hybridized carbons (Fsp3) is 0.364. The van der Waals surface area contributed by atoms with E-state index in [2.05, 4.69) is 75.2 Å². The van der Waals surface area contributed by atoms with Gasteiger partial charge in [-0.2, -0.15) is 0 Å². The van der Waals surface area contributed by atoms with Gasteiger partial charge in [-0.15, -0.1) is 5.10 Å². The van der Waals surface area contributed by atoms with Crippen molar-refractivity contribution < 1.29 is 0 Å². The lowest BCUT2D eigenvalue weighted by atomic mass is 10.1. The molecule has 0 unspecified atom stereocenters. The van der Waals surface area contributed by atoms with Gasteiger partial charge in [-0.3, -0.25) is 0 Å². The van der Waals surface area contributed by atoms with Crippen LogP contribution in [-0.2, 0) is 18.8 Å². The quantitative estimate of drug-likeness (QED) is 0.406. The number of aromatic nitrogens is 6. The van der Waals surface area contributed by atoms with Gasteiger partial charge in [0.25, 0.3) is 0 Å². The van der Waals surface area contributed by atoms with Gasteiger partial charge in [-0.05, 0) is 61.6 Å². The maximum absolute atomic E-state index is 4.92. The van der Waals surface area contributed by atoms with Crippen LogP contribution in [0.5, 0.6) is 0 Å². The lowest BCUT2D eigenvalue weighted by molar-refractivity contribution is 0.361. The summed E-state index contributed by atoms with van der Waals surface area (Å²) in [5, 5.41) is 13.0. The average molecular weight is 422 g/mol. The van der Waals surface area contributed by atoms with Crippen molar-refractivity contribution in [2.24, 2.45) is 0 Å². The Labute approximate surface area is 181 Å². The molecule has 0 radical (unpaired) electrons. The Morgan fingerprint density at radius 2 is 1.90 bits per heavy atom. The van der Waals surface area contributed by atoms with E-state index in [1.807, 2.05) is 24.8 Å². The number of hydrogen-bond donors (Lipinski definition) is 0. The highest BCUT2D eigenvalue weighted by molar-refractivity contribution is 7.98. The highest BCUT2D eigenvalue weighted by atomic mass is 32.2. The SMILES string of the molecule is Cc1ccc(C)c(Cn2c(CSc3nnnn3CCN(C)C)nc3ccccc32)c1. The van der Waals surface area contributed by atoms with Crippen molar-refractivity contribution in [3.05, 3.63) is 65.0 Å². The summed E-state index contributed by atoms with van der Waals surface area (Å²) >= 11 is 1.63. The first-order valence-electron chi connectivity index (χ1n) is 10.1. The number of rotatable bonds is 8. The molecular weight excluding hydrogens is 394 g/mol. The number of hydrogen-bond acceptors (Lipinski definition) is 6. The zero-order chi connectivity index (χ0) is 21.1. The second kappa shape index (κ2) is 8.97. The third-order valence-electron chi connectivity index (χ3n) is 5.16. The molecule has 2 aromatic carbocycles. The predicted octanol–water partition coefficient (Wildman–Crippen LogP) is 3.54. The Morgan fingerprint density at radius 3 is 2.73 bits per heavy atom. The minimum atomic E-state index is 0.710. The minimum Gasteiger partial charge on any atom is -0.323 e. The van der Waals surface area contributed by atoms with Gasteiger partial charge >= 0.3 is 0 Å². The number of aryl methyl sites for hydroxylation is 2. The lowest BCUT2D eigenvalue weighted by Crippen LogP contribution is -2.19. The van der Waals surface area contributed by atoms with Gasteiger partial charge in [-0.1, -0.05) is 47.7 Å².